The average Bonchev–Trinajstić information content (AvgIpc) is 2.80. The minimum Gasteiger partial charge on any atom is -0.326 e. The summed E-state index contributed by atoms with van der Waals surface area (Å²) in [7, 11) is 0. The van der Waals surface area contributed by atoms with Gasteiger partial charge in [0.1, 0.15) is 0 Å². The molecule has 0 saturated heterocycles. The van der Waals surface area contributed by atoms with E-state index in [9.17, 15) is 14.4 Å². The van der Waals surface area contributed by atoms with Gasteiger partial charge in [-0.05, 0) is 67.0 Å². The van der Waals surface area contributed by atoms with E-state index in [2.05, 4.69) is 21.5 Å². The Bertz CT molecular complexity index is 974. The van der Waals surface area contributed by atoms with Crippen LogP contribution in [0.3, 0.4) is 0 Å². The molecule has 3 amide bonds. The van der Waals surface area contributed by atoms with Crippen LogP contribution in [0.25, 0.3) is 0 Å². The fraction of sp³-hybridized carbons (Fsp3) is 0.304. The first-order valence-electron chi connectivity index (χ1n) is 10.5. The van der Waals surface area contributed by atoms with Crippen molar-refractivity contribution >= 4 is 52.3 Å². The molecule has 32 heavy (non-hydrogen) atoms. The van der Waals surface area contributed by atoms with E-state index >= 15 is 0 Å². The van der Waals surface area contributed by atoms with Crippen LogP contribution in [0.2, 0.25) is 5.02 Å². The van der Waals surface area contributed by atoms with Gasteiger partial charge in [0, 0.05) is 22.2 Å². The highest BCUT2D eigenvalue weighted by Gasteiger charge is 2.21. The summed E-state index contributed by atoms with van der Waals surface area (Å²) < 4.78 is 0. The van der Waals surface area contributed by atoms with E-state index in [0.717, 1.165) is 31.2 Å². The molecule has 2 aromatic carbocycles. The Morgan fingerprint density at radius 2 is 1.56 bits per heavy atom. The second-order valence-corrected chi connectivity index (χ2v) is 8.51. The molecule has 0 unspecified atom stereocenters. The Labute approximate surface area is 197 Å². The Hall–Kier alpha value is -2.97. The number of hydrogen-bond donors (Lipinski definition) is 4. The number of anilines is 1. The van der Waals surface area contributed by atoms with Gasteiger partial charge in [-0.15, -0.1) is 0 Å². The van der Waals surface area contributed by atoms with Crippen LogP contribution in [0.15, 0.2) is 48.5 Å². The second-order valence-electron chi connectivity index (χ2n) is 7.66. The van der Waals surface area contributed by atoms with Crippen molar-refractivity contribution in [3.05, 3.63) is 64.7 Å². The molecule has 0 aromatic heterocycles. The van der Waals surface area contributed by atoms with Gasteiger partial charge in [-0.25, -0.2) is 0 Å². The third-order valence-electron chi connectivity index (χ3n) is 5.21. The normalized spacial score (nSPS) is 13.7. The highest BCUT2D eigenvalue weighted by atomic mass is 35.5. The first kappa shape index (κ1) is 23.7. The second kappa shape index (κ2) is 11.6. The van der Waals surface area contributed by atoms with Crippen LogP contribution in [0.1, 0.15) is 48.0 Å². The van der Waals surface area contributed by atoms with E-state index in [1.165, 1.54) is 6.42 Å². The number of hydrogen-bond acceptors (Lipinski definition) is 4. The molecule has 0 spiro atoms. The third-order valence-corrected chi connectivity index (χ3v) is 5.67. The van der Waals surface area contributed by atoms with Gasteiger partial charge in [0.2, 0.25) is 11.8 Å². The quantitative estimate of drug-likeness (QED) is 0.392. The van der Waals surface area contributed by atoms with Crippen molar-refractivity contribution in [3.63, 3.8) is 0 Å². The van der Waals surface area contributed by atoms with Crippen LogP contribution in [-0.4, -0.2) is 22.8 Å². The molecule has 0 atom stereocenters. The summed E-state index contributed by atoms with van der Waals surface area (Å²) in [6, 6.07) is 13.5. The molecule has 1 saturated carbocycles. The van der Waals surface area contributed by atoms with Crippen LogP contribution in [-0.2, 0) is 16.0 Å². The molecule has 1 fully saturated rings. The summed E-state index contributed by atoms with van der Waals surface area (Å²) in [4.78, 5) is 36.7. The summed E-state index contributed by atoms with van der Waals surface area (Å²) in [5, 5.41) is 5.98. The van der Waals surface area contributed by atoms with Crippen molar-refractivity contribution in [1.29, 1.82) is 0 Å². The van der Waals surface area contributed by atoms with Crippen LogP contribution in [0, 0.1) is 5.92 Å². The number of carbonyl (C=O) groups excluding carboxylic acids is 3. The monoisotopic (exact) mass is 472 g/mol. The minimum absolute atomic E-state index is 0.0197. The average molecular weight is 473 g/mol. The molecule has 0 radical (unpaired) electrons. The van der Waals surface area contributed by atoms with E-state index in [0.29, 0.717) is 16.3 Å². The number of amides is 3. The van der Waals surface area contributed by atoms with Crippen molar-refractivity contribution in [2.24, 2.45) is 5.92 Å². The van der Waals surface area contributed by atoms with Crippen molar-refractivity contribution in [2.45, 2.75) is 38.5 Å². The molecule has 1 aliphatic carbocycles. The van der Waals surface area contributed by atoms with E-state index in [1.54, 1.807) is 48.5 Å². The van der Waals surface area contributed by atoms with Gasteiger partial charge in [-0.3, -0.25) is 25.2 Å². The first-order valence-corrected chi connectivity index (χ1v) is 11.2. The fourth-order valence-corrected chi connectivity index (χ4v) is 3.78. The smallest absolute Gasteiger partial charge is 0.269 e. The molecule has 0 heterocycles. The molecule has 168 valence electrons. The number of hydrazine groups is 1. The predicted octanol–water partition coefficient (Wildman–Crippen LogP) is 3.74. The van der Waals surface area contributed by atoms with Gasteiger partial charge < -0.3 is 10.6 Å². The molecular formula is C23H25ClN4O3S. The van der Waals surface area contributed by atoms with Crippen LogP contribution in [0.5, 0.6) is 0 Å². The van der Waals surface area contributed by atoms with Crippen molar-refractivity contribution in [2.75, 3.05) is 5.32 Å². The largest absolute Gasteiger partial charge is 0.326 e. The molecule has 4 N–H and O–H groups in total. The number of halogens is 1. The highest BCUT2D eigenvalue weighted by molar-refractivity contribution is 7.80. The predicted molar refractivity (Wildman–Crippen MR) is 128 cm³/mol. The van der Waals surface area contributed by atoms with E-state index in [1.807, 2.05) is 0 Å². The van der Waals surface area contributed by atoms with Gasteiger partial charge in [0.05, 0.1) is 6.42 Å². The lowest BCUT2D eigenvalue weighted by molar-refractivity contribution is -0.121. The molecule has 9 heteroatoms. The lowest BCUT2D eigenvalue weighted by Crippen LogP contribution is -2.48. The number of nitrogens with one attached hydrogen (secondary N) is 4. The zero-order chi connectivity index (χ0) is 22.9. The molecule has 3 rings (SSSR count). The SMILES string of the molecule is O=C(Cc1ccc(Cl)cc1)NC(=S)NNC(=O)c1ccc(NC(=O)C2CCCCC2)cc1. The Morgan fingerprint density at radius 3 is 2.22 bits per heavy atom. The van der Waals surface area contributed by atoms with Crippen LogP contribution < -0.4 is 21.5 Å². The van der Waals surface area contributed by atoms with Gasteiger partial charge in [-0.2, -0.15) is 0 Å². The van der Waals surface area contributed by atoms with Gasteiger partial charge >= 0.3 is 0 Å². The van der Waals surface area contributed by atoms with Gasteiger partial charge in [0.25, 0.3) is 5.91 Å². The summed E-state index contributed by atoms with van der Waals surface area (Å²) in [6.45, 7) is 0. The van der Waals surface area contributed by atoms with Gasteiger partial charge in [-0.1, -0.05) is 43.0 Å². The number of rotatable bonds is 5. The Balaban J connectivity index is 1.41. The summed E-state index contributed by atoms with van der Waals surface area (Å²) >= 11 is 10.9. The lowest BCUT2D eigenvalue weighted by Gasteiger charge is -2.20. The Kier molecular flexibility index (Phi) is 8.58. The van der Waals surface area contributed by atoms with Crippen molar-refractivity contribution < 1.29 is 14.4 Å². The summed E-state index contributed by atoms with van der Waals surface area (Å²) in [6.07, 6.45) is 5.35. The van der Waals surface area contributed by atoms with E-state index in [-0.39, 0.29) is 29.3 Å². The van der Waals surface area contributed by atoms with E-state index in [4.69, 9.17) is 23.8 Å². The van der Waals surface area contributed by atoms with Gasteiger partial charge in [0.15, 0.2) is 5.11 Å². The van der Waals surface area contributed by atoms with Crippen molar-refractivity contribution in [1.82, 2.24) is 16.2 Å². The standard InChI is InChI=1S/C23H25ClN4O3S/c24-18-10-6-15(7-11-18)14-20(29)26-23(32)28-27-22(31)17-8-12-19(13-9-17)25-21(30)16-4-2-1-3-5-16/h6-13,16H,1-5,14H2,(H,25,30)(H,27,31)(H2,26,28,29,32). The first-order chi connectivity index (χ1) is 15.4. The van der Waals surface area contributed by atoms with Crippen molar-refractivity contribution in [3.8, 4) is 0 Å². The third kappa shape index (κ3) is 7.32. The molecule has 0 bridgehead atoms. The zero-order valence-electron chi connectivity index (χ0n) is 17.4. The summed E-state index contributed by atoms with van der Waals surface area (Å²) in [5.74, 6) is -0.656. The number of thiocarbonyl (C=S) groups is 1. The topological polar surface area (TPSA) is 99.3 Å². The maximum absolute atomic E-state index is 12.3. The summed E-state index contributed by atoms with van der Waals surface area (Å²) in [5.41, 5.74) is 6.76. The van der Waals surface area contributed by atoms with Crippen LogP contribution in [0.4, 0.5) is 5.69 Å². The van der Waals surface area contributed by atoms with Crippen LogP contribution >= 0.6 is 23.8 Å². The molecule has 0 aliphatic heterocycles. The maximum Gasteiger partial charge on any atom is 0.269 e. The molecule has 1 aliphatic rings. The molecule has 2 aromatic rings. The fourth-order valence-electron chi connectivity index (χ4n) is 3.49. The lowest BCUT2D eigenvalue weighted by atomic mass is 9.88. The van der Waals surface area contributed by atoms with E-state index < -0.39 is 5.91 Å². The molecule has 7 nitrogen and oxygen atoms in total. The maximum atomic E-state index is 12.3. The number of benzene rings is 2. The Morgan fingerprint density at radius 1 is 0.906 bits per heavy atom. The zero-order valence-corrected chi connectivity index (χ0v) is 19.0. The minimum atomic E-state index is -0.426. The highest BCUT2D eigenvalue weighted by Crippen LogP contribution is 2.25. The number of carbonyl (C=O) groups is 3. The molecular weight excluding hydrogens is 448 g/mol.